The number of hydrogen-bond donors (Lipinski definition) is 4. The van der Waals surface area contributed by atoms with Gasteiger partial charge in [0.05, 0.1) is 56.7 Å². The van der Waals surface area contributed by atoms with Crippen molar-refractivity contribution in [2.45, 2.75) is 84.4 Å². The number of aliphatic imine (C=N–C) groups is 1. The highest BCUT2D eigenvalue weighted by molar-refractivity contribution is 7.15. The second-order valence-corrected chi connectivity index (χ2v) is 21.0. The lowest BCUT2D eigenvalue weighted by Gasteiger charge is -2.39. The number of alkyl carbamates (subject to hydrolysis) is 1. The Morgan fingerprint density at radius 3 is 2.21 bits per heavy atom. The summed E-state index contributed by atoms with van der Waals surface area (Å²) in [6.07, 6.45) is 2.67. The number of thiophene rings is 1. The highest BCUT2D eigenvalue weighted by Crippen LogP contribution is 2.40. The van der Waals surface area contributed by atoms with Crippen LogP contribution in [0.5, 0.6) is 5.75 Å². The lowest BCUT2D eigenvalue weighted by Crippen LogP contribution is -2.59. The van der Waals surface area contributed by atoms with E-state index in [9.17, 15) is 28.8 Å². The summed E-state index contributed by atoms with van der Waals surface area (Å²) >= 11 is 7.90. The predicted molar refractivity (Wildman–Crippen MR) is 290 cm³/mol. The summed E-state index contributed by atoms with van der Waals surface area (Å²) in [6, 6.07) is 11.4. The van der Waals surface area contributed by atoms with E-state index in [1.165, 1.54) is 14.0 Å². The standard InChI is InChI=1S/C54H68ClN11O10S/c1-31-33(3)77-53-43(31)45(36-13-15-37(55)16-14-36)59-40(48-62-61-34(4)66(48)53)30-42(67)57-19-25-74-27-28-75-26-20-58-50(69)44-39-18-17-38(73-7)29-41(39)63(6)47(44)52(71)65-23-21-64(22-24-65)51(70)46(35-11-9-8-10-12-35)60-49(68)32(2)76-54(72)56-5/h13-18,29,32,35,40,46H,8-12,19-28,30H2,1-7H3,(H,56,72)(H,57,67)(H,58,69)(H,60,68)/t32?,40-,46?/m0/s1. The van der Waals surface area contributed by atoms with Crippen LogP contribution in [0.25, 0.3) is 15.9 Å². The normalized spacial score (nSPS) is 16.4. The number of ether oxygens (including phenoxy) is 4. The maximum atomic E-state index is 14.5. The minimum Gasteiger partial charge on any atom is -0.497 e. The summed E-state index contributed by atoms with van der Waals surface area (Å²) in [5, 5.41) is 22.1. The third kappa shape index (κ3) is 12.8. The number of halogens is 1. The largest absolute Gasteiger partial charge is 0.497 e. The SMILES string of the molecule is CNC(=O)OC(C)C(=O)NC(C(=O)N1CCN(C(=O)c2c(C(=O)NCCOCCOCCNC(=O)C[C@@H]3N=C(c4ccc(Cl)cc4)c4c(sc(C)c4C)-n4c(C)nnc43)c3ccc(OC)cc3n2C)CC1)C1CCCCC1. The maximum Gasteiger partial charge on any atom is 0.407 e. The van der Waals surface area contributed by atoms with Gasteiger partial charge in [-0.25, -0.2) is 4.79 Å². The fraction of sp³-hybridized carbons (Fsp3) is 0.500. The average Bonchev–Trinajstić information content (AvgIpc) is 4.12. The fourth-order valence-corrected chi connectivity index (χ4v) is 11.5. The Labute approximate surface area is 456 Å². The maximum absolute atomic E-state index is 14.5. The van der Waals surface area contributed by atoms with Crippen LogP contribution >= 0.6 is 22.9 Å². The summed E-state index contributed by atoms with van der Waals surface area (Å²) in [7, 11) is 4.67. The third-order valence-corrected chi connectivity index (χ3v) is 15.9. The topological polar surface area (TPSA) is 242 Å². The van der Waals surface area contributed by atoms with Gasteiger partial charge in [0.25, 0.3) is 17.7 Å². The number of hydrogen-bond acceptors (Lipinski definition) is 14. The molecule has 3 aliphatic rings. The van der Waals surface area contributed by atoms with E-state index < -0.39 is 36.1 Å². The molecule has 2 fully saturated rings. The third-order valence-electron chi connectivity index (χ3n) is 14.5. The first-order chi connectivity index (χ1) is 37.1. The molecule has 1 saturated heterocycles. The van der Waals surface area contributed by atoms with Crippen molar-refractivity contribution in [3.8, 4) is 10.8 Å². The second-order valence-electron chi connectivity index (χ2n) is 19.4. The number of fused-ring (bicyclic) bond motifs is 4. The molecule has 6 amide bonds. The van der Waals surface area contributed by atoms with E-state index in [2.05, 4.69) is 45.3 Å². The molecule has 2 unspecified atom stereocenters. The van der Waals surface area contributed by atoms with Crippen molar-refractivity contribution in [2.75, 3.05) is 79.9 Å². The average molecular weight is 1100 g/mol. The van der Waals surface area contributed by atoms with E-state index in [1.54, 1.807) is 58.1 Å². The molecule has 2 aliphatic heterocycles. The first-order valence-corrected chi connectivity index (χ1v) is 27.3. The van der Waals surface area contributed by atoms with E-state index in [4.69, 9.17) is 35.5 Å². The predicted octanol–water partition coefficient (Wildman–Crippen LogP) is 5.36. The highest BCUT2D eigenvalue weighted by atomic mass is 35.5. The van der Waals surface area contributed by atoms with Gasteiger partial charge in [-0.3, -0.25) is 33.5 Å². The lowest BCUT2D eigenvalue weighted by molar-refractivity contribution is -0.141. The number of amides is 6. The molecule has 5 heterocycles. The Kier molecular flexibility index (Phi) is 18.7. The van der Waals surface area contributed by atoms with Crippen molar-refractivity contribution >= 4 is 75.2 Å². The Hall–Kier alpha value is -6.88. The van der Waals surface area contributed by atoms with E-state index in [1.807, 2.05) is 35.8 Å². The van der Waals surface area contributed by atoms with Crippen molar-refractivity contribution < 1.29 is 47.7 Å². The van der Waals surface area contributed by atoms with Crippen molar-refractivity contribution in [1.82, 2.24) is 50.4 Å². The van der Waals surface area contributed by atoms with Gasteiger partial charge >= 0.3 is 6.09 Å². The molecular weight excluding hydrogens is 1030 g/mol. The van der Waals surface area contributed by atoms with Crippen LogP contribution in [0.15, 0.2) is 47.5 Å². The molecule has 77 heavy (non-hydrogen) atoms. The van der Waals surface area contributed by atoms with E-state index in [0.717, 1.165) is 64.4 Å². The van der Waals surface area contributed by atoms with Crippen LogP contribution in [0.1, 0.15) is 106 Å². The van der Waals surface area contributed by atoms with E-state index in [0.29, 0.717) is 33.3 Å². The fourth-order valence-electron chi connectivity index (χ4n) is 10.2. The summed E-state index contributed by atoms with van der Waals surface area (Å²) in [6.45, 7) is 9.64. The molecule has 1 saturated carbocycles. The molecule has 8 rings (SSSR count). The first kappa shape index (κ1) is 56.3. The molecule has 3 atom stereocenters. The molecule has 3 aromatic heterocycles. The highest BCUT2D eigenvalue weighted by Gasteiger charge is 2.39. The number of nitrogens with one attached hydrogen (secondary N) is 4. The molecule has 2 aromatic carbocycles. The number of aromatic nitrogens is 4. The van der Waals surface area contributed by atoms with Crippen LogP contribution < -0.4 is 26.0 Å². The number of methoxy groups -OCH3 is 1. The zero-order valence-corrected chi connectivity index (χ0v) is 46.2. The Balaban J connectivity index is 0.814. The molecule has 0 bridgehead atoms. The summed E-state index contributed by atoms with van der Waals surface area (Å²) < 4.78 is 25.9. The molecule has 4 N–H and O–H groups in total. The van der Waals surface area contributed by atoms with Gasteiger partial charge < -0.3 is 54.6 Å². The van der Waals surface area contributed by atoms with Crippen LogP contribution in [-0.4, -0.2) is 162 Å². The van der Waals surface area contributed by atoms with Gasteiger partial charge in [0.15, 0.2) is 11.9 Å². The molecule has 0 spiro atoms. The molecule has 5 aromatic rings. The van der Waals surface area contributed by atoms with Crippen LogP contribution in [0, 0.1) is 26.7 Å². The minimum atomic E-state index is -1.11. The van der Waals surface area contributed by atoms with Crippen LogP contribution in [0.4, 0.5) is 4.79 Å². The van der Waals surface area contributed by atoms with E-state index >= 15 is 0 Å². The van der Waals surface area contributed by atoms with Crippen molar-refractivity contribution in [2.24, 2.45) is 18.0 Å². The molecule has 0 radical (unpaired) electrons. The Morgan fingerprint density at radius 2 is 1.53 bits per heavy atom. The smallest absolute Gasteiger partial charge is 0.407 e. The molecular formula is C54H68ClN11O10S. The number of piperazine rings is 1. The zero-order chi connectivity index (χ0) is 54.9. The van der Waals surface area contributed by atoms with Gasteiger partial charge in [-0.05, 0) is 76.3 Å². The summed E-state index contributed by atoms with van der Waals surface area (Å²) in [4.78, 5) is 90.7. The first-order valence-electron chi connectivity index (χ1n) is 26.1. The van der Waals surface area contributed by atoms with Gasteiger partial charge in [0, 0.05) is 85.8 Å². The van der Waals surface area contributed by atoms with Gasteiger partial charge in [-0.1, -0.05) is 43.0 Å². The minimum absolute atomic E-state index is 0.0454. The number of carbonyl (C=O) groups excluding carboxylic acids is 6. The molecule has 23 heteroatoms. The van der Waals surface area contributed by atoms with Crippen LogP contribution in [0.3, 0.4) is 0 Å². The molecule has 412 valence electrons. The Morgan fingerprint density at radius 1 is 0.857 bits per heavy atom. The molecule has 21 nitrogen and oxygen atoms in total. The van der Waals surface area contributed by atoms with Gasteiger partial charge in [0.2, 0.25) is 11.8 Å². The summed E-state index contributed by atoms with van der Waals surface area (Å²) in [5.41, 5.74) is 4.77. The Bertz CT molecular complexity index is 3010. The van der Waals surface area contributed by atoms with Crippen LogP contribution in [0.2, 0.25) is 5.02 Å². The number of nitrogens with zero attached hydrogens (tertiary/aromatic N) is 7. The monoisotopic (exact) mass is 1100 g/mol. The number of carbonyl (C=O) groups is 6. The second kappa shape index (κ2) is 25.5. The van der Waals surface area contributed by atoms with Crippen LogP contribution in [-0.2, 0) is 35.6 Å². The van der Waals surface area contributed by atoms with Gasteiger partial charge in [-0.2, -0.15) is 0 Å². The van der Waals surface area contributed by atoms with Crippen molar-refractivity contribution in [3.05, 3.63) is 92.0 Å². The van der Waals surface area contributed by atoms with Gasteiger partial charge in [-0.15, -0.1) is 21.5 Å². The van der Waals surface area contributed by atoms with Crippen molar-refractivity contribution in [3.63, 3.8) is 0 Å². The number of rotatable bonds is 20. The zero-order valence-electron chi connectivity index (χ0n) is 44.7. The van der Waals surface area contributed by atoms with E-state index in [-0.39, 0.29) is 107 Å². The quantitative estimate of drug-likeness (QED) is 0.0721. The summed E-state index contributed by atoms with van der Waals surface area (Å²) in [5.74, 6) is -0.0723. The molecule has 1 aliphatic carbocycles. The van der Waals surface area contributed by atoms with Gasteiger partial charge in [0.1, 0.15) is 34.4 Å². The number of aryl methyl sites for hydroxylation is 3. The van der Waals surface area contributed by atoms with Crippen molar-refractivity contribution in [1.29, 1.82) is 0 Å². The lowest BCUT2D eigenvalue weighted by atomic mass is 9.83. The number of benzene rings is 2.